The molecule has 0 fully saturated rings. The van der Waals surface area contributed by atoms with Crippen LogP contribution in [-0.2, 0) is 13.9 Å². The van der Waals surface area contributed by atoms with E-state index in [1.807, 2.05) is 0 Å². The molecule has 11 heavy (non-hydrogen) atoms. The van der Waals surface area contributed by atoms with E-state index in [0.29, 0.717) is 12.0 Å². The maximum Gasteiger partial charge on any atom is 0.398 e. The second kappa shape index (κ2) is 5.81. The Hall–Kier alpha value is -0.950. The Labute approximate surface area is 67.0 Å². The maximum atomic E-state index is 10.7. The Bertz CT molecular complexity index is 196. The van der Waals surface area contributed by atoms with Crippen molar-refractivity contribution in [3.8, 4) is 0 Å². The fourth-order valence-electron chi connectivity index (χ4n) is 0.449. The van der Waals surface area contributed by atoms with Crippen molar-refractivity contribution in [1.29, 1.82) is 0 Å². The lowest BCUT2D eigenvalue weighted by atomic mass is 10.2. The molecular formula is C7H9O3P. The van der Waals surface area contributed by atoms with E-state index in [2.05, 4.69) is 11.1 Å². The van der Waals surface area contributed by atoms with Gasteiger partial charge in [0.1, 0.15) is 0 Å². The smallest absolute Gasteiger partial charge is 0.369 e. The summed E-state index contributed by atoms with van der Waals surface area (Å²) in [5.41, 5.74) is 0.438. The molecule has 0 aliphatic rings. The highest BCUT2D eigenvalue weighted by molar-refractivity contribution is 7.18. The van der Waals surface area contributed by atoms with Gasteiger partial charge < -0.3 is 4.52 Å². The van der Waals surface area contributed by atoms with Crippen molar-refractivity contribution >= 4 is 14.7 Å². The lowest BCUT2D eigenvalue weighted by molar-refractivity contribution is -0.129. The van der Waals surface area contributed by atoms with Gasteiger partial charge in [0, 0.05) is 5.57 Å². The Morgan fingerprint density at radius 2 is 2.36 bits per heavy atom. The van der Waals surface area contributed by atoms with Gasteiger partial charge in [-0.25, -0.2) is 9.36 Å². The van der Waals surface area contributed by atoms with Crippen LogP contribution < -0.4 is 0 Å². The third kappa shape index (κ3) is 4.45. The Kier molecular flexibility index (Phi) is 5.30. The van der Waals surface area contributed by atoms with Gasteiger partial charge in [-0.3, -0.25) is 0 Å². The van der Waals surface area contributed by atoms with Crippen molar-refractivity contribution < 1.29 is 13.9 Å². The summed E-state index contributed by atoms with van der Waals surface area (Å²) >= 11 is 0. The lowest BCUT2D eigenvalue weighted by Gasteiger charge is -1.93. The molecule has 0 atom stereocenters. The first-order chi connectivity index (χ1) is 5.22. The second-order valence-electron chi connectivity index (χ2n) is 1.86. The molecule has 0 spiro atoms. The summed E-state index contributed by atoms with van der Waals surface area (Å²) in [6, 6.07) is 0. The SMILES string of the molecule is C=CCC=C(C)C(=O)OP=O. The molecule has 3 nitrogen and oxygen atoms in total. The van der Waals surface area contributed by atoms with E-state index < -0.39 is 14.7 Å². The summed E-state index contributed by atoms with van der Waals surface area (Å²) in [4.78, 5) is 10.7. The van der Waals surface area contributed by atoms with Crippen LogP contribution in [-0.4, -0.2) is 5.97 Å². The fourth-order valence-corrected chi connectivity index (χ4v) is 0.661. The Balaban J connectivity index is 3.99. The molecule has 0 aromatic carbocycles. The minimum absolute atomic E-state index is 0.438. The molecule has 0 aromatic heterocycles. The highest BCUT2D eigenvalue weighted by Gasteiger charge is 2.03. The lowest BCUT2D eigenvalue weighted by Crippen LogP contribution is -1.97. The van der Waals surface area contributed by atoms with Crippen LogP contribution in [0.3, 0.4) is 0 Å². The van der Waals surface area contributed by atoms with Crippen molar-refractivity contribution in [1.82, 2.24) is 0 Å². The first kappa shape index (κ1) is 10.0. The minimum Gasteiger partial charge on any atom is -0.369 e. The third-order valence-electron chi connectivity index (χ3n) is 1.03. The van der Waals surface area contributed by atoms with Gasteiger partial charge in [0.05, 0.1) is 0 Å². The first-order valence-electron chi connectivity index (χ1n) is 3.04. The van der Waals surface area contributed by atoms with Gasteiger partial charge in [-0.05, 0) is 13.3 Å². The average Bonchev–Trinajstić information content (AvgIpc) is 2.00. The summed E-state index contributed by atoms with van der Waals surface area (Å²) in [7, 11) is -0.612. The molecule has 0 heterocycles. The van der Waals surface area contributed by atoms with Crippen molar-refractivity contribution in [3.63, 3.8) is 0 Å². The summed E-state index contributed by atoms with van der Waals surface area (Å²) in [5, 5.41) is 0. The van der Waals surface area contributed by atoms with Crippen LogP contribution in [0.15, 0.2) is 24.3 Å². The van der Waals surface area contributed by atoms with Gasteiger partial charge in [-0.15, -0.1) is 6.58 Å². The fraction of sp³-hybridized carbons (Fsp3) is 0.286. The molecule has 0 N–H and O–H groups in total. The van der Waals surface area contributed by atoms with Crippen LogP contribution in [0.2, 0.25) is 0 Å². The molecule has 0 saturated heterocycles. The van der Waals surface area contributed by atoms with Crippen LogP contribution in [0.5, 0.6) is 0 Å². The molecule has 0 aliphatic heterocycles. The van der Waals surface area contributed by atoms with E-state index in [1.54, 1.807) is 19.1 Å². The molecule has 0 aromatic rings. The number of rotatable bonds is 4. The molecule has 0 amide bonds. The molecule has 0 bridgehead atoms. The van der Waals surface area contributed by atoms with Crippen molar-refractivity contribution in [3.05, 3.63) is 24.3 Å². The second-order valence-corrected chi connectivity index (χ2v) is 2.20. The number of carbonyl (C=O) groups is 1. The molecular weight excluding hydrogens is 163 g/mol. The van der Waals surface area contributed by atoms with Gasteiger partial charge in [0.2, 0.25) is 0 Å². The average molecular weight is 172 g/mol. The number of hydrogen-bond acceptors (Lipinski definition) is 3. The first-order valence-corrected chi connectivity index (χ1v) is 3.77. The number of carbonyl (C=O) groups excluding carboxylic acids is 1. The van der Waals surface area contributed by atoms with Gasteiger partial charge in [0.25, 0.3) is 0 Å². The molecule has 0 rings (SSSR count). The van der Waals surface area contributed by atoms with Crippen LogP contribution in [0, 0.1) is 0 Å². The van der Waals surface area contributed by atoms with E-state index in [0.717, 1.165) is 0 Å². The van der Waals surface area contributed by atoms with Crippen molar-refractivity contribution in [2.24, 2.45) is 0 Å². The zero-order valence-electron chi connectivity index (χ0n) is 6.24. The third-order valence-corrected chi connectivity index (χ3v) is 1.27. The summed E-state index contributed by atoms with van der Waals surface area (Å²) in [6.45, 7) is 5.07. The van der Waals surface area contributed by atoms with Crippen LogP contribution >= 0.6 is 8.69 Å². The normalized spacial score (nSPS) is 11.2. The topological polar surface area (TPSA) is 43.4 Å². The van der Waals surface area contributed by atoms with Crippen molar-refractivity contribution in [2.45, 2.75) is 13.3 Å². The van der Waals surface area contributed by atoms with E-state index >= 15 is 0 Å². The standard InChI is InChI=1S/C7H9O3P/c1-3-4-5-6(2)7(8)10-11-9/h3,5H,1,4H2,2H3. The number of hydrogen-bond donors (Lipinski definition) is 0. The molecule has 4 heteroatoms. The Morgan fingerprint density at radius 1 is 1.73 bits per heavy atom. The van der Waals surface area contributed by atoms with Gasteiger partial charge in [0.15, 0.2) is 0 Å². The van der Waals surface area contributed by atoms with Gasteiger partial charge in [-0.1, -0.05) is 12.2 Å². The summed E-state index contributed by atoms with van der Waals surface area (Å²) in [5.74, 6) is -0.566. The van der Waals surface area contributed by atoms with E-state index in [4.69, 9.17) is 0 Å². The van der Waals surface area contributed by atoms with E-state index in [-0.39, 0.29) is 0 Å². The highest BCUT2D eigenvalue weighted by atomic mass is 31.1. The molecule has 0 saturated carbocycles. The quantitative estimate of drug-likeness (QED) is 0.371. The van der Waals surface area contributed by atoms with Gasteiger partial charge in [-0.2, -0.15) is 0 Å². The van der Waals surface area contributed by atoms with Crippen molar-refractivity contribution in [2.75, 3.05) is 0 Å². The monoisotopic (exact) mass is 172 g/mol. The van der Waals surface area contributed by atoms with E-state index in [1.165, 1.54) is 0 Å². The number of allylic oxidation sites excluding steroid dienone is 2. The minimum atomic E-state index is -0.612. The molecule has 0 radical (unpaired) electrons. The molecule has 0 unspecified atom stereocenters. The zero-order chi connectivity index (χ0) is 8.69. The highest BCUT2D eigenvalue weighted by Crippen LogP contribution is 2.04. The van der Waals surface area contributed by atoms with E-state index in [9.17, 15) is 9.36 Å². The molecule has 0 aliphatic carbocycles. The van der Waals surface area contributed by atoms with Crippen LogP contribution in [0.4, 0.5) is 0 Å². The van der Waals surface area contributed by atoms with Crippen LogP contribution in [0.25, 0.3) is 0 Å². The predicted molar refractivity (Wildman–Crippen MR) is 42.3 cm³/mol. The zero-order valence-corrected chi connectivity index (χ0v) is 7.14. The predicted octanol–water partition coefficient (Wildman–Crippen LogP) is 2.26. The Morgan fingerprint density at radius 3 is 2.82 bits per heavy atom. The maximum absolute atomic E-state index is 10.7. The largest absolute Gasteiger partial charge is 0.398 e. The van der Waals surface area contributed by atoms with Crippen LogP contribution in [0.1, 0.15) is 13.3 Å². The van der Waals surface area contributed by atoms with Gasteiger partial charge >= 0.3 is 14.7 Å². The summed E-state index contributed by atoms with van der Waals surface area (Å²) in [6.07, 6.45) is 3.92. The molecule has 60 valence electrons. The summed E-state index contributed by atoms with van der Waals surface area (Å²) < 4.78 is 14.0.